The Kier molecular flexibility index (Phi) is 6.09. The maximum absolute atomic E-state index is 12.5. The number of rotatable bonds is 6. The van der Waals surface area contributed by atoms with E-state index in [0.29, 0.717) is 12.0 Å². The number of amides is 1. The molecule has 0 radical (unpaired) electrons. The summed E-state index contributed by atoms with van der Waals surface area (Å²) < 4.78 is 5.29. The lowest BCUT2D eigenvalue weighted by Crippen LogP contribution is -2.51. The number of piperidine rings is 1. The van der Waals surface area contributed by atoms with E-state index in [0.717, 1.165) is 32.5 Å². The second kappa shape index (κ2) is 6.91. The maximum atomic E-state index is 12.5. The van der Waals surface area contributed by atoms with E-state index in [4.69, 9.17) is 4.74 Å². The van der Waals surface area contributed by atoms with Crippen molar-refractivity contribution in [3.05, 3.63) is 0 Å². The molecule has 2 aliphatic rings. The van der Waals surface area contributed by atoms with Crippen LogP contribution in [0.1, 0.15) is 39.0 Å². The molecule has 2 rings (SSSR count). The van der Waals surface area contributed by atoms with Crippen molar-refractivity contribution in [2.24, 2.45) is 10.8 Å². The molecule has 19 heavy (non-hydrogen) atoms. The van der Waals surface area contributed by atoms with E-state index in [9.17, 15) is 4.79 Å². The molecule has 0 spiro atoms. The van der Waals surface area contributed by atoms with Gasteiger partial charge in [-0.3, -0.25) is 4.79 Å². The number of ether oxygens (including phenoxy) is 1. The van der Waals surface area contributed by atoms with E-state index in [1.807, 2.05) is 0 Å². The summed E-state index contributed by atoms with van der Waals surface area (Å²) in [5.74, 6) is 0.200. The third-order valence-corrected chi connectivity index (χ3v) is 4.79. The number of nitrogens with one attached hydrogen (secondary N) is 2. The summed E-state index contributed by atoms with van der Waals surface area (Å²) in [4.78, 5) is 12.5. The van der Waals surface area contributed by atoms with Crippen LogP contribution in [0.2, 0.25) is 0 Å². The van der Waals surface area contributed by atoms with Crippen LogP contribution in [0.25, 0.3) is 0 Å². The van der Waals surface area contributed by atoms with Crippen LogP contribution in [-0.2, 0) is 9.53 Å². The number of methoxy groups -OCH3 is 1. The van der Waals surface area contributed by atoms with Crippen LogP contribution < -0.4 is 10.6 Å². The minimum absolute atomic E-state index is 0. The fraction of sp³-hybridized carbons (Fsp3) is 0.929. The number of hydrogen-bond acceptors (Lipinski definition) is 3. The maximum Gasteiger partial charge on any atom is 0.228 e. The summed E-state index contributed by atoms with van der Waals surface area (Å²) in [6.07, 6.45) is 5.47. The van der Waals surface area contributed by atoms with Crippen LogP contribution in [0.3, 0.4) is 0 Å². The summed E-state index contributed by atoms with van der Waals surface area (Å²) in [6, 6.07) is 0. The number of carbonyl (C=O) groups is 1. The van der Waals surface area contributed by atoms with Gasteiger partial charge in [-0.05, 0) is 50.6 Å². The molecule has 1 aliphatic carbocycles. The number of hydrogen-bond donors (Lipinski definition) is 2. The van der Waals surface area contributed by atoms with E-state index >= 15 is 0 Å². The molecule has 0 aromatic heterocycles. The van der Waals surface area contributed by atoms with Gasteiger partial charge < -0.3 is 15.4 Å². The first-order valence-electron chi connectivity index (χ1n) is 7.14. The van der Waals surface area contributed by atoms with Gasteiger partial charge in [0.15, 0.2) is 0 Å². The van der Waals surface area contributed by atoms with E-state index in [2.05, 4.69) is 17.6 Å². The second-order valence-electron chi connectivity index (χ2n) is 6.00. The molecular formula is C14H27ClN2O2. The molecule has 0 bridgehead atoms. The van der Waals surface area contributed by atoms with Gasteiger partial charge in [-0.25, -0.2) is 0 Å². The zero-order valence-electron chi connectivity index (χ0n) is 12.1. The van der Waals surface area contributed by atoms with Crippen LogP contribution in [0.5, 0.6) is 0 Å². The first-order valence-corrected chi connectivity index (χ1v) is 7.14. The van der Waals surface area contributed by atoms with Gasteiger partial charge in [0.25, 0.3) is 0 Å². The molecule has 0 aromatic carbocycles. The van der Waals surface area contributed by atoms with Gasteiger partial charge in [0.1, 0.15) is 0 Å². The summed E-state index contributed by atoms with van der Waals surface area (Å²) in [5.41, 5.74) is 0.112. The Morgan fingerprint density at radius 1 is 1.26 bits per heavy atom. The fourth-order valence-electron chi connectivity index (χ4n) is 2.91. The van der Waals surface area contributed by atoms with Gasteiger partial charge in [0.05, 0.1) is 12.0 Å². The fourth-order valence-corrected chi connectivity index (χ4v) is 2.91. The smallest absolute Gasteiger partial charge is 0.228 e. The Labute approximate surface area is 122 Å². The van der Waals surface area contributed by atoms with Crippen molar-refractivity contribution < 1.29 is 9.53 Å². The van der Waals surface area contributed by atoms with Crippen LogP contribution in [-0.4, -0.2) is 39.3 Å². The van der Waals surface area contributed by atoms with Gasteiger partial charge in [-0.1, -0.05) is 6.92 Å². The molecule has 5 heteroatoms. The Hall–Kier alpha value is -0.320. The predicted octanol–water partition coefficient (Wildman–Crippen LogP) is 1.73. The van der Waals surface area contributed by atoms with E-state index in [-0.39, 0.29) is 23.7 Å². The summed E-state index contributed by atoms with van der Waals surface area (Å²) in [7, 11) is 1.69. The molecular weight excluding hydrogens is 264 g/mol. The van der Waals surface area contributed by atoms with Crippen molar-refractivity contribution in [3.8, 4) is 0 Å². The lowest BCUT2D eigenvalue weighted by atomic mass is 9.78. The first-order chi connectivity index (χ1) is 8.66. The van der Waals surface area contributed by atoms with Crippen LogP contribution in [0.4, 0.5) is 0 Å². The third-order valence-electron chi connectivity index (χ3n) is 4.79. The molecule has 1 aliphatic heterocycles. The normalized spacial score (nSPS) is 23.3. The largest absolute Gasteiger partial charge is 0.384 e. The van der Waals surface area contributed by atoms with Crippen LogP contribution in [0, 0.1) is 10.8 Å². The average Bonchev–Trinajstić information content (AvgIpc) is 3.18. The highest BCUT2D eigenvalue weighted by molar-refractivity contribution is 5.85. The van der Waals surface area contributed by atoms with Crippen molar-refractivity contribution in [2.45, 2.75) is 39.0 Å². The quantitative estimate of drug-likeness (QED) is 0.783. The van der Waals surface area contributed by atoms with Crippen molar-refractivity contribution >= 4 is 18.3 Å². The summed E-state index contributed by atoms with van der Waals surface area (Å²) in [5, 5.41) is 6.50. The number of halogens is 1. The van der Waals surface area contributed by atoms with Gasteiger partial charge in [-0.15, -0.1) is 12.4 Å². The Morgan fingerprint density at radius 2 is 1.89 bits per heavy atom. The monoisotopic (exact) mass is 290 g/mol. The standard InChI is InChI=1S/C14H26N2O2.ClH/c1-3-13(4-5-13)10-16-12(17)14(11-18-2)6-8-15-9-7-14;/h15H,3-11H2,1-2H3,(H,16,17);1H. The lowest BCUT2D eigenvalue weighted by Gasteiger charge is -2.36. The van der Waals surface area contributed by atoms with Gasteiger partial charge in [-0.2, -0.15) is 0 Å². The molecule has 1 heterocycles. The number of carbonyl (C=O) groups excluding carboxylic acids is 1. The van der Waals surface area contributed by atoms with Crippen LogP contribution >= 0.6 is 12.4 Å². The lowest BCUT2D eigenvalue weighted by molar-refractivity contribution is -0.136. The highest BCUT2D eigenvalue weighted by Gasteiger charge is 2.44. The van der Waals surface area contributed by atoms with Crippen molar-refractivity contribution in [3.63, 3.8) is 0 Å². The zero-order valence-corrected chi connectivity index (χ0v) is 12.9. The molecule has 1 saturated carbocycles. The Balaban J connectivity index is 0.00000180. The van der Waals surface area contributed by atoms with Gasteiger partial charge >= 0.3 is 0 Å². The molecule has 0 aromatic rings. The molecule has 4 nitrogen and oxygen atoms in total. The minimum atomic E-state index is -0.302. The molecule has 112 valence electrons. The highest BCUT2D eigenvalue weighted by Crippen LogP contribution is 2.48. The van der Waals surface area contributed by atoms with E-state index in [1.165, 1.54) is 19.3 Å². The summed E-state index contributed by atoms with van der Waals surface area (Å²) >= 11 is 0. The molecule has 0 atom stereocenters. The van der Waals surface area contributed by atoms with Gasteiger partial charge in [0.2, 0.25) is 5.91 Å². The van der Waals surface area contributed by atoms with Crippen LogP contribution in [0.15, 0.2) is 0 Å². The molecule has 0 unspecified atom stereocenters. The molecule has 2 N–H and O–H groups in total. The predicted molar refractivity (Wildman–Crippen MR) is 78.6 cm³/mol. The van der Waals surface area contributed by atoms with E-state index in [1.54, 1.807) is 7.11 Å². The molecule has 1 amide bonds. The Bertz CT molecular complexity index is 294. The third kappa shape index (κ3) is 3.83. The summed E-state index contributed by atoms with van der Waals surface area (Å²) in [6.45, 7) is 5.43. The topological polar surface area (TPSA) is 50.4 Å². The second-order valence-corrected chi connectivity index (χ2v) is 6.00. The van der Waals surface area contributed by atoms with Crippen molar-refractivity contribution in [1.82, 2.24) is 10.6 Å². The Morgan fingerprint density at radius 3 is 2.37 bits per heavy atom. The van der Waals surface area contributed by atoms with E-state index < -0.39 is 0 Å². The first kappa shape index (κ1) is 16.7. The average molecular weight is 291 g/mol. The van der Waals surface area contributed by atoms with Crippen molar-refractivity contribution in [2.75, 3.05) is 33.4 Å². The van der Waals surface area contributed by atoms with Crippen molar-refractivity contribution in [1.29, 1.82) is 0 Å². The van der Waals surface area contributed by atoms with Gasteiger partial charge in [0, 0.05) is 13.7 Å². The minimum Gasteiger partial charge on any atom is -0.384 e. The zero-order chi connectivity index (χ0) is 13.1. The SMILES string of the molecule is CCC1(CNC(=O)C2(COC)CCNCC2)CC1.Cl. The molecule has 1 saturated heterocycles. The highest BCUT2D eigenvalue weighted by atomic mass is 35.5. The molecule has 2 fully saturated rings.